The predicted octanol–water partition coefficient (Wildman–Crippen LogP) is 12.9. The number of halogens is 2. The number of piperazine rings is 3. The van der Waals surface area contributed by atoms with Crippen LogP contribution in [0.3, 0.4) is 0 Å². The third-order valence-corrected chi connectivity index (χ3v) is 26.6. The molecule has 1 unspecified atom stereocenters. The maximum absolute atomic E-state index is 12.5. The molecule has 24 nitrogen and oxygen atoms in total. The first-order valence-corrected chi connectivity index (χ1v) is 51.3. The minimum atomic E-state index is -2.43. The molecule has 12 saturated heterocycles. The first kappa shape index (κ1) is 126. The number of rotatable bonds is 17. The molecular weight excluding hydrogens is 1600 g/mol. The maximum atomic E-state index is 12.5. The van der Waals surface area contributed by atoms with Crippen LogP contribution in [0.25, 0.3) is 0 Å². The third kappa shape index (κ3) is 59.6. The molecule has 5 N–H and O–H groups in total. The largest absolute Gasteiger partial charge is 0.393 e. The molecule has 0 amide bonds. The van der Waals surface area contributed by atoms with Crippen molar-refractivity contribution in [1.29, 1.82) is 0 Å². The number of likely N-dealkylation sites (tertiary alicyclic amines) is 6. The maximum Gasteiger partial charge on any atom is 0.261 e. The van der Waals surface area contributed by atoms with E-state index in [-0.39, 0.29) is 43.4 Å². The van der Waals surface area contributed by atoms with Gasteiger partial charge in [0.05, 0.1) is 88.9 Å². The SMILES string of the molecule is CC(C)N(C)C1COC1.CC(C)N1CCC(F)(F)C1.CC(C)N1CCC(O)CC1.CC(C)N1CCC1.CC(C)N1CCCC(O)C1.CC(C)N1CCC[C@@H](O)C1.CC(C)N1CCC[C@H](O)C1.CC(C)N1CCN(C)CC1.CC(C)N1CCN(C)CC1(C)C.CC(C)N1CCNCC1(C)C.CC(C)N1CCOCC1.CC(C)N1CCO[C@@H](C)C1.CC(C)OCCN(C)C. The molecule has 4 atom stereocenters. The Morgan fingerprint density at radius 2 is 0.764 bits per heavy atom. The Bertz CT molecular complexity index is 2380. The number of piperidine rings is 4. The molecule has 0 radical (unpaired) electrons. The number of hydrogen-bond acceptors (Lipinski definition) is 24. The van der Waals surface area contributed by atoms with Gasteiger partial charge in [0.15, 0.2) is 0 Å². The van der Waals surface area contributed by atoms with Crippen LogP contribution in [-0.4, -0.2) is 478 Å². The molecule has 12 fully saturated rings. The lowest BCUT2D eigenvalue weighted by Gasteiger charge is -2.48. The molecule has 0 bridgehead atoms. The number of nitrogens with one attached hydrogen (secondary N) is 1. The van der Waals surface area contributed by atoms with Crippen molar-refractivity contribution in [3.63, 3.8) is 0 Å². The topological polar surface area (TPSA) is 178 Å². The molecule has 0 aromatic rings. The number of hydrogen-bond donors (Lipinski definition) is 5. The normalized spacial score (nSPS) is 25.0. The lowest BCUT2D eigenvalue weighted by molar-refractivity contribution is -0.0650. The number of likely N-dealkylation sites (N-methyl/N-ethyl adjacent to an activating group) is 4. The molecule has 12 aliphatic heterocycles. The zero-order chi connectivity index (χ0) is 97.1. The van der Waals surface area contributed by atoms with E-state index in [4.69, 9.17) is 18.9 Å². The molecule has 12 aliphatic rings. The van der Waals surface area contributed by atoms with Gasteiger partial charge in [-0.15, -0.1) is 0 Å². The number of aliphatic hydroxyl groups is 4. The summed E-state index contributed by atoms with van der Waals surface area (Å²) in [4.78, 5) is 35.5. The van der Waals surface area contributed by atoms with Gasteiger partial charge in [-0.05, 0) is 340 Å². The number of aliphatic hydroxyl groups excluding tert-OH is 4. The van der Waals surface area contributed by atoms with E-state index < -0.39 is 5.92 Å². The molecule has 0 aromatic carbocycles. The van der Waals surface area contributed by atoms with E-state index in [1.807, 2.05) is 27.9 Å². The zero-order valence-electron chi connectivity index (χ0n) is 90.3. The van der Waals surface area contributed by atoms with Gasteiger partial charge in [0.2, 0.25) is 0 Å². The van der Waals surface area contributed by atoms with Crippen molar-refractivity contribution in [3.8, 4) is 0 Å². The molecule has 0 aromatic heterocycles. The second kappa shape index (κ2) is 68.8. The summed E-state index contributed by atoms with van der Waals surface area (Å²) in [5.74, 6) is -2.43. The quantitative estimate of drug-likeness (QED) is 0.0928. The van der Waals surface area contributed by atoms with Crippen LogP contribution in [0.15, 0.2) is 0 Å². The second-order valence-electron chi connectivity index (χ2n) is 43.4. The average Bonchev–Trinajstić information content (AvgIpc) is 1.40. The number of alkyl halides is 2. The smallest absolute Gasteiger partial charge is 0.261 e. The summed E-state index contributed by atoms with van der Waals surface area (Å²) in [6.45, 7) is 103. The number of β-amino-alcohol motifs (C(OH)–C–C–N with tert-alkyl or cyclic N) is 3. The van der Waals surface area contributed by atoms with Crippen LogP contribution in [0.5, 0.6) is 0 Å². The fraction of sp³-hybridized carbons (Fsp3) is 1.00. The highest BCUT2D eigenvalue weighted by Gasteiger charge is 2.39. The summed E-state index contributed by atoms with van der Waals surface area (Å²) in [7, 11) is 10.6. The first-order chi connectivity index (χ1) is 59.1. The van der Waals surface area contributed by atoms with Gasteiger partial charge in [-0.3, -0.25) is 49.0 Å². The molecule has 12 rings (SSSR count). The summed E-state index contributed by atoms with van der Waals surface area (Å²) >= 11 is 0. The van der Waals surface area contributed by atoms with Gasteiger partial charge in [-0.2, -0.15) is 0 Å². The molecule has 0 saturated carbocycles. The molecule has 0 spiro atoms. The van der Waals surface area contributed by atoms with Gasteiger partial charge in [0.1, 0.15) is 0 Å². The highest BCUT2D eigenvalue weighted by atomic mass is 19.3. The zero-order valence-corrected chi connectivity index (χ0v) is 90.3. The highest BCUT2D eigenvalue weighted by molar-refractivity contribution is 4.92. The fourth-order valence-electron chi connectivity index (χ4n) is 17.2. The molecule has 12 heterocycles. The van der Waals surface area contributed by atoms with Crippen molar-refractivity contribution in [2.24, 2.45) is 0 Å². The second-order valence-corrected chi connectivity index (χ2v) is 43.4. The summed E-state index contributed by atoms with van der Waals surface area (Å²) in [5.41, 5.74) is 0.688. The monoisotopic (exact) mass is 1820 g/mol. The molecule has 764 valence electrons. The van der Waals surface area contributed by atoms with Crippen LogP contribution in [0.4, 0.5) is 8.78 Å². The number of morpholine rings is 2. The summed E-state index contributed by atoms with van der Waals surface area (Å²) in [6, 6.07) is 8.24. The van der Waals surface area contributed by atoms with E-state index >= 15 is 0 Å². The van der Waals surface area contributed by atoms with Crippen LogP contribution >= 0.6 is 0 Å². The molecule has 0 aliphatic carbocycles. The summed E-state index contributed by atoms with van der Waals surface area (Å²) < 4.78 is 46.0. The standard InChI is InChI=1S/C10H22N2.C9H20N2.C8H18N2.5C8H17NO.C7H13F2N.2C7H15NO.C7H17NO.C6H13N/c1-9(2)12-7-6-11(5)8-10(12,3)4;1-8(2)11-6-5-10-7-9(11,3)4;1-8(2)10-6-4-9(3)5-7-10;1-7(2)9-4-5-10-8(3)6-9;1-7(2)9-5-3-8(10)4-6-9;3*1-7(2)9-5-3-4-8(10)6-9;1-6(2)10-4-3-7(8,9)5-10;1-6(2)8(3)7-4-9-5-7;1-7(2)8-3-5-9-6-4-8;1-7(2)9-6-5-8(3)4;1-6(2)7-4-3-5-7/h9H,6-8H2,1-5H3;8,10H,5-7H2,1-4H3;8H,4-7H2,1-3H3;7-8H,4-6H2,1-3H3;4*7-8,10H,3-6H2,1-2H3;6H,3-5H2,1-2H3;6-7H,4-5H2,1-3H3;7H,3-6H2,1-2H3;7H,5-6H2,1-4H3;6H,3-5H2,1-2H3/t;;;8-;;2*8-;;;;;;/m...0.10....../s1. The summed E-state index contributed by atoms with van der Waals surface area (Å²) in [6.07, 6.45) is 10.3. The van der Waals surface area contributed by atoms with Gasteiger partial charge < -0.3 is 69.2 Å². The van der Waals surface area contributed by atoms with Gasteiger partial charge in [-0.25, -0.2) is 8.78 Å². The van der Waals surface area contributed by atoms with Crippen molar-refractivity contribution in [1.82, 2.24) is 78.8 Å². The van der Waals surface area contributed by atoms with Crippen molar-refractivity contribution in [2.75, 3.05) is 252 Å². The van der Waals surface area contributed by atoms with Crippen molar-refractivity contribution in [3.05, 3.63) is 0 Å². The van der Waals surface area contributed by atoms with E-state index in [1.165, 1.54) is 71.9 Å². The van der Waals surface area contributed by atoms with E-state index in [0.717, 1.165) is 201 Å². The van der Waals surface area contributed by atoms with E-state index in [1.54, 1.807) is 4.90 Å². The number of nitrogens with zero attached hydrogens (tertiary/aromatic N) is 15. The third-order valence-electron chi connectivity index (χ3n) is 26.6. The lowest BCUT2D eigenvalue weighted by Crippen LogP contribution is -2.60. The highest BCUT2D eigenvalue weighted by Crippen LogP contribution is 2.28. The Labute approximate surface area is 785 Å². The van der Waals surface area contributed by atoms with Gasteiger partial charge in [0, 0.05) is 227 Å². The molecule has 26 heteroatoms. The molecular formula is C101H218F2N16O8. The van der Waals surface area contributed by atoms with E-state index in [2.05, 4.69) is 296 Å². The van der Waals surface area contributed by atoms with Crippen LogP contribution in [0.2, 0.25) is 0 Å². The Morgan fingerprint density at radius 1 is 0.386 bits per heavy atom. The Morgan fingerprint density at radius 3 is 1.03 bits per heavy atom. The Kier molecular flexibility index (Phi) is 68.2. The van der Waals surface area contributed by atoms with Gasteiger partial charge in [0.25, 0.3) is 5.92 Å². The minimum absolute atomic E-state index is 0.0324. The summed E-state index contributed by atoms with van der Waals surface area (Å²) in [5, 5.41) is 40.5. The Hall–Kier alpha value is -1.10. The van der Waals surface area contributed by atoms with Crippen molar-refractivity contribution < 1.29 is 48.2 Å². The average molecular weight is 1820 g/mol. The van der Waals surface area contributed by atoms with Crippen molar-refractivity contribution >= 4 is 0 Å². The van der Waals surface area contributed by atoms with Crippen LogP contribution in [-0.2, 0) is 18.9 Å². The fourth-order valence-corrected chi connectivity index (χ4v) is 17.2. The van der Waals surface area contributed by atoms with E-state index in [9.17, 15) is 29.2 Å². The van der Waals surface area contributed by atoms with E-state index in [0.29, 0.717) is 90.2 Å². The lowest BCUT2D eigenvalue weighted by atomic mass is 9.97. The Balaban J connectivity index is 0.00000136. The predicted molar refractivity (Wildman–Crippen MR) is 539 cm³/mol. The minimum Gasteiger partial charge on any atom is -0.393 e. The van der Waals surface area contributed by atoms with Crippen LogP contribution in [0, 0.1) is 0 Å². The number of ether oxygens (including phenoxy) is 4. The first-order valence-electron chi connectivity index (χ1n) is 51.3. The van der Waals surface area contributed by atoms with Gasteiger partial charge in [-0.1, -0.05) is 0 Å². The van der Waals surface area contributed by atoms with Crippen LogP contribution in [0.1, 0.15) is 279 Å². The van der Waals surface area contributed by atoms with Gasteiger partial charge >= 0.3 is 0 Å². The molecule has 127 heavy (non-hydrogen) atoms. The van der Waals surface area contributed by atoms with Crippen LogP contribution < -0.4 is 5.32 Å². The van der Waals surface area contributed by atoms with Crippen molar-refractivity contribution in [2.45, 2.75) is 411 Å².